The first kappa shape index (κ1) is 25.3. The molecule has 184 valence electrons. The van der Waals surface area contributed by atoms with Crippen LogP contribution >= 0.6 is 22.9 Å². The van der Waals surface area contributed by atoms with Gasteiger partial charge in [0.25, 0.3) is 11.8 Å². The van der Waals surface area contributed by atoms with E-state index in [0.29, 0.717) is 27.3 Å². The highest BCUT2D eigenvalue weighted by atomic mass is 35.5. The number of carbonyl (C=O) groups excluding carboxylic acids is 2. The Morgan fingerprint density at radius 3 is 2.40 bits per heavy atom. The monoisotopic (exact) mass is 510 g/mol. The van der Waals surface area contributed by atoms with Crippen LogP contribution in [0.4, 0.5) is 10.7 Å². The molecule has 0 bridgehead atoms. The third kappa shape index (κ3) is 6.06. The van der Waals surface area contributed by atoms with Gasteiger partial charge in [-0.3, -0.25) is 9.59 Å². The van der Waals surface area contributed by atoms with Gasteiger partial charge in [-0.05, 0) is 79.5 Å². The van der Waals surface area contributed by atoms with Gasteiger partial charge in [0.1, 0.15) is 10.8 Å². The first-order valence-electron chi connectivity index (χ1n) is 11.9. The van der Waals surface area contributed by atoms with Gasteiger partial charge in [-0.2, -0.15) is 0 Å². The number of halogens is 1. The molecule has 0 radical (unpaired) electrons. The average molecular weight is 511 g/mol. The van der Waals surface area contributed by atoms with Gasteiger partial charge in [-0.1, -0.05) is 50.6 Å². The highest BCUT2D eigenvalue weighted by Crippen LogP contribution is 2.44. The molecular formula is C28H31ClN2O3S. The quantitative estimate of drug-likeness (QED) is 0.368. The van der Waals surface area contributed by atoms with Gasteiger partial charge in [0.05, 0.1) is 5.56 Å². The number of hydrogen-bond donors (Lipinski definition) is 2. The van der Waals surface area contributed by atoms with Crippen LogP contribution in [0, 0.1) is 11.3 Å². The van der Waals surface area contributed by atoms with Crippen LogP contribution in [-0.2, 0) is 17.6 Å². The SMILES string of the molecule is CC(Oc1ccc(Cl)cc1)C(=O)Nc1sc2c(c1C(=O)Nc1ccccc1)CCC(C(C)(C)C)C2. The molecule has 2 amide bonds. The standard InChI is InChI=1S/C28H31ClN2O3S/c1-17(34-21-13-11-19(29)12-14-21)25(32)31-27-24(26(33)30-20-8-6-5-7-9-20)22-15-10-18(28(2,3)4)16-23(22)35-27/h5-9,11-14,17-18H,10,15-16H2,1-4H3,(H,30,33)(H,31,32). The molecule has 4 rings (SSSR count). The zero-order chi connectivity index (χ0) is 25.2. The lowest BCUT2D eigenvalue weighted by atomic mass is 9.72. The molecule has 0 aliphatic heterocycles. The summed E-state index contributed by atoms with van der Waals surface area (Å²) < 4.78 is 5.80. The highest BCUT2D eigenvalue weighted by molar-refractivity contribution is 7.17. The van der Waals surface area contributed by atoms with E-state index < -0.39 is 6.10 Å². The van der Waals surface area contributed by atoms with Crippen molar-refractivity contribution in [1.29, 1.82) is 0 Å². The van der Waals surface area contributed by atoms with E-state index in [0.717, 1.165) is 30.5 Å². The Morgan fingerprint density at radius 2 is 1.74 bits per heavy atom. The van der Waals surface area contributed by atoms with Crippen LogP contribution in [0.5, 0.6) is 5.75 Å². The third-order valence-corrected chi connectivity index (χ3v) is 7.90. The molecular weight excluding hydrogens is 480 g/mol. The molecule has 0 saturated carbocycles. The molecule has 3 aromatic rings. The predicted octanol–water partition coefficient (Wildman–Crippen LogP) is 7.21. The Morgan fingerprint density at radius 1 is 1.06 bits per heavy atom. The number of nitrogens with one attached hydrogen (secondary N) is 2. The summed E-state index contributed by atoms with van der Waals surface area (Å²) in [5.74, 6) is 0.566. The van der Waals surface area contributed by atoms with Crippen LogP contribution in [0.25, 0.3) is 0 Å². The first-order chi connectivity index (χ1) is 16.6. The van der Waals surface area contributed by atoms with Crippen molar-refractivity contribution in [2.24, 2.45) is 11.3 Å². The van der Waals surface area contributed by atoms with Gasteiger partial charge < -0.3 is 15.4 Å². The van der Waals surface area contributed by atoms with Crippen molar-refractivity contribution in [2.75, 3.05) is 10.6 Å². The molecule has 1 aliphatic rings. The van der Waals surface area contributed by atoms with E-state index >= 15 is 0 Å². The second-order valence-corrected chi connectivity index (χ2v) is 11.6. The first-order valence-corrected chi connectivity index (χ1v) is 13.1. The summed E-state index contributed by atoms with van der Waals surface area (Å²) in [4.78, 5) is 27.7. The van der Waals surface area contributed by atoms with Gasteiger partial charge in [0.2, 0.25) is 0 Å². The Labute approximate surface area is 215 Å². The van der Waals surface area contributed by atoms with E-state index in [-0.39, 0.29) is 17.2 Å². The Balaban J connectivity index is 1.59. The van der Waals surface area contributed by atoms with Crippen LogP contribution in [0.2, 0.25) is 5.02 Å². The number of anilines is 2. The molecule has 1 heterocycles. The molecule has 0 fully saturated rings. The van der Waals surface area contributed by atoms with Crippen molar-refractivity contribution in [2.45, 2.75) is 53.1 Å². The molecule has 7 heteroatoms. The van der Waals surface area contributed by atoms with Gasteiger partial charge >= 0.3 is 0 Å². The summed E-state index contributed by atoms with van der Waals surface area (Å²) in [5.41, 5.74) is 2.51. The van der Waals surface area contributed by atoms with Crippen LogP contribution < -0.4 is 15.4 Å². The smallest absolute Gasteiger partial charge is 0.265 e. The summed E-state index contributed by atoms with van der Waals surface area (Å²) in [6.45, 7) is 8.48. The summed E-state index contributed by atoms with van der Waals surface area (Å²) in [7, 11) is 0. The second-order valence-electron chi connectivity index (χ2n) is 10.0. The van der Waals surface area contributed by atoms with E-state index in [1.807, 2.05) is 30.3 Å². The number of thiophene rings is 1. The van der Waals surface area contributed by atoms with Crippen LogP contribution in [0.15, 0.2) is 54.6 Å². The number of ether oxygens (including phenoxy) is 1. The fraction of sp³-hybridized carbons (Fsp3) is 0.357. The number of benzene rings is 2. The zero-order valence-corrected chi connectivity index (χ0v) is 22.1. The van der Waals surface area contributed by atoms with Crippen LogP contribution in [-0.4, -0.2) is 17.9 Å². The summed E-state index contributed by atoms with van der Waals surface area (Å²) in [6.07, 6.45) is 1.99. The topological polar surface area (TPSA) is 67.4 Å². The van der Waals surface area contributed by atoms with E-state index in [4.69, 9.17) is 16.3 Å². The van der Waals surface area contributed by atoms with Crippen molar-refractivity contribution >= 4 is 45.4 Å². The summed E-state index contributed by atoms with van der Waals surface area (Å²) in [6, 6.07) is 16.2. The number of amides is 2. The molecule has 1 aromatic heterocycles. The maximum absolute atomic E-state index is 13.4. The largest absolute Gasteiger partial charge is 0.481 e. The van der Waals surface area contributed by atoms with Crippen molar-refractivity contribution in [3.63, 3.8) is 0 Å². The minimum Gasteiger partial charge on any atom is -0.481 e. The van der Waals surface area contributed by atoms with Crippen LogP contribution in [0.3, 0.4) is 0 Å². The number of rotatable bonds is 6. The fourth-order valence-corrected chi connectivity index (χ4v) is 5.81. The normalized spacial score (nSPS) is 16.2. The van der Waals surface area contributed by atoms with Crippen molar-refractivity contribution in [1.82, 2.24) is 0 Å². The lowest BCUT2D eigenvalue weighted by molar-refractivity contribution is -0.122. The summed E-state index contributed by atoms with van der Waals surface area (Å²) in [5, 5.41) is 7.16. The van der Waals surface area contributed by atoms with Crippen molar-refractivity contribution < 1.29 is 14.3 Å². The maximum atomic E-state index is 13.4. The fourth-order valence-electron chi connectivity index (χ4n) is 4.35. The Hall–Kier alpha value is -2.83. The van der Waals surface area contributed by atoms with E-state index in [9.17, 15) is 9.59 Å². The lowest BCUT2D eigenvalue weighted by Crippen LogP contribution is -2.30. The predicted molar refractivity (Wildman–Crippen MR) is 144 cm³/mol. The number of fused-ring (bicyclic) bond motifs is 1. The van der Waals surface area contributed by atoms with Gasteiger partial charge in [0.15, 0.2) is 6.10 Å². The second kappa shape index (κ2) is 10.4. The maximum Gasteiger partial charge on any atom is 0.265 e. The lowest BCUT2D eigenvalue weighted by Gasteiger charge is -2.33. The molecule has 5 nitrogen and oxygen atoms in total. The molecule has 2 atom stereocenters. The molecule has 1 aliphatic carbocycles. The summed E-state index contributed by atoms with van der Waals surface area (Å²) >= 11 is 7.45. The molecule has 2 N–H and O–H groups in total. The minimum atomic E-state index is -0.748. The number of para-hydroxylation sites is 1. The number of carbonyl (C=O) groups is 2. The Bertz CT molecular complexity index is 1200. The molecule has 0 spiro atoms. The Kier molecular flexibility index (Phi) is 7.53. The van der Waals surface area contributed by atoms with Gasteiger partial charge in [-0.25, -0.2) is 0 Å². The van der Waals surface area contributed by atoms with E-state index in [1.165, 1.54) is 16.2 Å². The molecule has 2 unspecified atom stereocenters. The average Bonchev–Trinajstić information content (AvgIpc) is 3.17. The van der Waals surface area contributed by atoms with Gasteiger partial charge in [0, 0.05) is 15.6 Å². The molecule has 0 saturated heterocycles. The number of hydrogen-bond acceptors (Lipinski definition) is 4. The minimum absolute atomic E-state index is 0.179. The highest BCUT2D eigenvalue weighted by Gasteiger charge is 2.34. The van der Waals surface area contributed by atoms with E-state index in [1.54, 1.807) is 31.2 Å². The molecule has 35 heavy (non-hydrogen) atoms. The van der Waals surface area contributed by atoms with Crippen LogP contribution in [0.1, 0.15) is 54.9 Å². The molecule has 2 aromatic carbocycles. The third-order valence-electron chi connectivity index (χ3n) is 6.48. The van der Waals surface area contributed by atoms with Crippen molar-refractivity contribution in [3.05, 3.63) is 75.6 Å². The van der Waals surface area contributed by atoms with Crippen molar-refractivity contribution in [3.8, 4) is 5.75 Å². The van der Waals surface area contributed by atoms with E-state index in [2.05, 4.69) is 31.4 Å². The zero-order valence-electron chi connectivity index (χ0n) is 20.5. The van der Waals surface area contributed by atoms with Gasteiger partial charge in [-0.15, -0.1) is 11.3 Å².